The summed E-state index contributed by atoms with van der Waals surface area (Å²) in [6, 6.07) is 0. The molecule has 0 spiro atoms. The van der Waals surface area contributed by atoms with E-state index in [1.54, 1.807) is 0 Å². The van der Waals surface area contributed by atoms with E-state index in [4.69, 9.17) is 9.78 Å². The van der Waals surface area contributed by atoms with Gasteiger partial charge in [0.15, 0.2) is 0 Å². The Morgan fingerprint density at radius 2 is 0.818 bits per heavy atom. The topological polar surface area (TPSA) is 18.5 Å². The Morgan fingerprint density at radius 3 is 0.909 bits per heavy atom. The van der Waals surface area contributed by atoms with Gasteiger partial charge in [0.1, 0.15) is 0 Å². The fraction of sp³-hybridized carbons (Fsp3) is 1.00. The van der Waals surface area contributed by atoms with E-state index in [1.807, 2.05) is 41.5 Å². The molecule has 0 aliphatic carbocycles. The van der Waals surface area contributed by atoms with Gasteiger partial charge in [0.25, 0.3) is 0 Å². The third-order valence-electron chi connectivity index (χ3n) is 0.542. The summed E-state index contributed by atoms with van der Waals surface area (Å²) in [6.07, 6.45) is 0. The van der Waals surface area contributed by atoms with Gasteiger partial charge in [-0.15, -0.1) is 0 Å². The summed E-state index contributed by atoms with van der Waals surface area (Å²) in [5, 5.41) is 0. The maximum Gasteiger partial charge on any atom is 0.0952 e. The van der Waals surface area contributed by atoms with Crippen LogP contribution in [0.15, 0.2) is 0 Å². The molecule has 0 rings (SSSR count). The van der Waals surface area contributed by atoms with E-state index in [0.717, 1.165) is 0 Å². The number of hydrogen-bond acceptors (Lipinski definition) is 2. The van der Waals surface area contributed by atoms with Gasteiger partial charge in [-0.05, 0) is 41.5 Å². The molecule has 0 atom stereocenters. The molecule has 0 unspecified atom stereocenters. The fourth-order valence-electron chi connectivity index (χ4n) is 0.250. The monoisotopic (exact) mass is 169 g/mol. The molecular weight excluding hydrogens is 151 g/mol. The van der Waals surface area contributed by atoms with Crippen LogP contribution in [0, 0.1) is 0 Å². The zero-order valence-corrected chi connectivity index (χ0v) is 10.8. The van der Waals surface area contributed by atoms with Crippen molar-refractivity contribution in [1.82, 2.24) is 0 Å². The Balaban J connectivity index is 0. The van der Waals surface area contributed by atoms with Gasteiger partial charge in [-0.2, -0.15) is 0 Å². The first-order valence-corrected chi connectivity index (χ1v) is 3.57. The molecule has 0 aromatic rings. The van der Waals surface area contributed by atoms with Crippen molar-refractivity contribution in [3.8, 4) is 0 Å². The van der Waals surface area contributed by atoms with Crippen molar-refractivity contribution in [1.29, 1.82) is 0 Å². The third kappa shape index (κ3) is 13.9. The second kappa shape index (κ2) is 4.83. The van der Waals surface area contributed by atoms with E-state index >= 15 is 0 Å². The number of rotatable bonds is 1. The van der Waals surface area contributed by atoms with Gasteiger partial charge in [-0.1, -0.05) is 0 Å². The van der Waals surface area contributed by atoms with Crippen LogP contribution < -0.4 is 0 Å². The van der Waals surface area contributed by atoms with Crippen LogP contribution in [0.2, 0.25) is 0 Å². The molecule has 0 N–H and O–H groups in total. The van der Waals surface area contributed by atoms with Gasteiger partial charge in [-0.25, -0.2) is 9.78 Å². The summed E-state index contributed by atoms with van der Waals surface area (Å²) in [7, 11) is 0. The summed E-state index contributed by atoms with van der Waals surface area (Å²) < 4.78 is 0. The largest absolute Gasteiger partial charge is 0.230 e. The van der Waals surface area contributed by atoms with Gasteiger partial charge in [0.2, 0.25) is 0 Å². The molecule has 0 amide bonds. The summed E-state index contributed by atoms with van der Waals surface area (Å²) in [5.41, 5.74) is -0.430. The molecule has 0 heterocycles. The zero-order valence-electron chi connectivity index (χ0n) is 8.82. The SMILES string of the molecule is CC(C)(C)OOC(C)(C)C.[Na]. The van der Waals surface area contributed by atoms with Crippen molar-refractivity contribution < 1.29 is 9.78 Å². The predicted octanol–water partition coefficient (Wildman–Crippen LogP) is 2.15. The smallest absolute Gasteiger partial charge is 0.0952 e. The predicted molar refractivity (Wildman–Crippen MR) is 47.4 cm³/mol. The molecule has 0 aromatic carbocycles. The van der Waals surface area contributed by atoms with Crippen molar-refractivity contribution in [2.24, 2.45) is 0 Å². The summed E-state index contributed by atoms with van der Waals surface area (Å²) in [6.45, 7) is 11.7. The molecule has 0 aromatic heterocycles. The van der Waals surface area contributed by atoms with Crippen LogP contribution in [-0.4, -0.2) is 40.8 Å². The summed E-state index contributed by atoms with van der Waals surface area (Å²) >= 11 is 0. The summed E-state index contributed by atoms with van der Waals surface area (Å²) in [4.78, 5) is 10.2. The van der Waals surface area contributed by atoms with Gasteiger partial charge >= 0.3 is 0 Å². The minimum absolute atomic E-state index is 0. The molecule has 3 heteroatoms. The van der Waals surface area contributed by atoms with E-state index in [-0.39, 0.29) is 40.8 Å². The van der Waals surface area contributed by atoms with Crippen LogP contribution in [0.4, 0.5) is 0 Å². The van der Waals surface area contributed by atoms with Crippen LogP contribution in [0.5, 0.6) is 0 Å². The molecule has 11 heavy (non-hydrogen) atoms. The Labute approximate surface area is 91.9 Å². The van der Waals surface area contributed by atoms with Crippen molar-refractivity contribution in [3.05, 3.63) is 0 Å². The first kappa shape index (κ1) is 14.4. The van der Waals surface area contributed by atoms with Crippen LogP contribution >= 0.6 is 0 Å². The quantitative estimate of drug-likeness (QED) is 0.340. The van der Waals surface area contributed by atoms with Gasteiger partial charge in [-0.3, -0.25) is 0 Å². The first-order chi connectivity index (χ1) is 4.21. The molecule has 0 bridgehead atoms. The normalized spacial score (nSPS) is 12.5. The Hall–Kier alpha value is 0.920. The molecule has 63 valence electrons. The first-order valence-electron chi connectivity index (χ1n) is 3.57. The summed E-state index contributed by atoms with van der Waals surface area (Å²) in [5.74, 6) is 0. The Kier molecular flexibility index (Phi) is 6.34. The minimum atomic E-state index is -0.215. The average molecular weight is 169 g/mol. The molecule has 2 nitrogen and oxygen atoms in total. The van der Waals surface area contributed by atoms with Crippen molar-refractivity contribution in [2.75, 3.05) is 0 Å². The Bertz CT molecular complexity index is 85.6. The van der Waals surface area contributed by atoms with Gasteiger partial charge in [0, 0.05) is 29.6 Å². The van der Waals surface area contributed by atoms with E-state index in [2.05, 4.69) is 0 Å². The minimum Gasteiger partial charge on any atom is -0.230 e. The standard InChI is InChI=1S/C8H18O2.Na/c1-7(2,3)9-10-8(4,5)6;/h1-6H3;. The zero-order chi connectivity index (χ0) is 8.41. The molecule has 0 aliphatic heterocycles. The fourth-order valence-corrected chi connectivity index (χ4v) is 0.250. The molecule has 0 saturated carbocycles. The second-order valence-corrected chi connectivity index (χ2v) is 4.39. The molecule has 0 saturated heterocycles. The molecular formula is C8H18NaO2. The molecule has 0 aliphatic rings. The van der Waals surface area contributed by atoms with E-state index < -0.39 is 0 Å². The maximum absolute atomic E-state index is 5.09. The van der Waals surface area contributed by atoms with Crippen LogP contribution in [0.1, 0.15) is 41.5 Å². The van der Waals surface area contributed by atoms with Crippen LogP contribution in [0.25, 0.3) is 0 Å². The van der Waals surface area contributed by atoms with E-state index in [9.17, 15) is 0 Å². The maximum atomic E-state index is 5.09. The van der Waals surface area contributed by atoms with Gasteiger partial charge in [0.05, 0.1) is 11.2 Å². The van der Waals surface area contributed by atoms with Crippen molar-refractivity contribution in [3.63, 3.8) is 0 Å². The van der Waals surface area contributed by atoms with E-state index in [0.29, 0.717) is 0 Å². The van der Waals surface area contributed by atoms with Crippen LogP contribution in [-0.2, 0) is 9.78 Å². The van der Waals surface area contributed by atoms with Gasteiger partial charge < -0.3 is 0 Å². The Morgan fingerprint density at radius 1 is 0.636 bits per heavy atom. The third-order valence-corrected chi connectivity index (χ3v) is 0.542. The van der Waals surface area contributed by atoms with Crippen LogP contribution in [0.3, 0.4) is 0 Å². The average Bonchev–Trinajstić information content (AvgIpc) is 1.57. The number of hydrogen-bond donors (Lipinski definition) is 0. The van der Waals surface area contributed by atoms with Crippen molar-refractivity contribution in [2.45, 2.75) is 52.7 Å². The van der Waals surface area contributed by atoms with Crippen molar-refractivity contribution >= 4 is 29.6 Å². The molecule has 1 radical (unpaired) electrons. The second-order valence-electron chi connectivity index (χ2n) is 4.39. The van der Waals surface area contributed by atoms with E-state index in [1.165, 1.54) is 0 Å². The molecule has 0 fully saturated rings.